The van der Waals surface area contributed by atoms with Crippen molar-refractivity contribution in [3.63, 3.8) is 0 Å². The molecule has 49 heavy (non-hydrogen) atoms. The standard InChI is InChI=1S/C37H38FN7O4/c1-48-32-11-5-3-9-26(32)28-22-27(25-8-7-15-44(24-25)34(46)13-16-45-17-14-39-41-45)35(38)36-29(28)23-30(40-36)37(47)43-20-18-42(19-21-43)31-10-4-6-12-33(31)49-2/h3-6,8-12,14,17,22-23,40H,7,13,15-16,18-21,24H2,1-2H3. The van der Waals surface area contributed by atoms with Crippen LogP contribution in [0.4, 0.5) is 10.1 Å². The van der Waals surface area contributed by atoms with E-state index >= 15 is 4.39 Å². The lowest BCUT2D eigenvalue weighted by atomic mass is 9.93. The number of aryl methyl sites for hydroxylation is 1. The van der Waals surface area contributed by atoms with Crippen LogP contribution in [-0.2, 0) is 11.3 Å². The van der Waals surface area contributed by atoms with Crippen molar-refractivity contribution >= 4 is 34.0 Å². The van der Waals surface area contributed by atoms with Crippen LogP contribution in [-0.4, -0.2) is 95.1 Å². The zero-order valence-corrected chi connectivity index (χ0v) is 27.6. The SMILES string of the molecule is COc1ccccc1-c1cc(C2=CCCN(C(=O)CCn3ccnn3)C2)c(F)c2[nH]c(C(=O)N3CCN(c4ccccc4OC)CC3)cc12. The summed E-state index contributed by atoms with van der Waals surface area (Å²) in [6.45, 7) is 3.53. The molecule has 1 N–H and O–H groups in total. The number of hydrogen-bond donors (Lipinski definition) is 1. The van der Waals surface area contributed by atoms with Crippen LogP contribution >= 0.6 is 0 Å². The van der Waals surface area contributed by atoms with E-state index in [0.29, 0.717) is 73.7 Å². The summed E-state index contributed by atoms with van der Waals surface area (Å²) in [5.41, 5.74) is 4.15. The molecule has 2 aromatic heterocycles. The number of benzene rings is 3. The van der Waals surface area contributed by atoms with E-state index in [-0.39, 0.29) is 30.3 Å². The molecular weight excluding hydrogens is 625 g/mol. The van der Waals surface area contributed by atoms with Gasteiger partial charge < -0.3 is 29.2 Å². The predicted octanol–water partition coefficient (Wildman–Crippen LogP) is 5.25. The second kappa shape index (κ2) is 13.8. The Hall–Kier alpha value is -5.65. The monoisotopic (exact) mass is 663 g/mol. The molecule has 3 aromatic carbocycles. The molecule has 2 amide bonds. The number of piperazine rings is 1. The van der Waals surface area contributed by atoms with Crippen molar-refractivity contribution in [1.82, 2.24) is 29.8 Å². The number of halogens is 1. The Bertz CT molecular complexity index is 2010. The number of carbonyl (C=O) groups excluding carboxylic acids is 2. The van der Waals surface area contributed by atoms with Crippen LogP contribution in [0.3, 0.4) is 0 Å². The Morgan fingerprint density at radius 2 is 1.63 bits per heavy atom. The first-order valence-corrected chi connectivity index (χ1v) is 16.4. The Morgan fingerprint density at radius 3 is 2.39 bits per heavy atom. The molecule has 12 heteroatoms. The highest BCUT2D eigenvalue weighted by molar-refractivity contribution is 6.05. The molecule has 5 aromatic rings. The zero-order valence-electron chi connectivity index (χ0n) is 27.6. The maximum absolute atomic E-state index is 16.7. The number of fused-ring (bicyclic) bond motifs is 1. The Labute approximate surface area is 283 Å². The van der Waals surface area contributed by atoms with E-state index < -0.39 is 5.82 Å². The lowest BCUT2D eigenvalue weighted by Crippen LogP contribution is -2.49. The van der Waals surface area contributed by atoms with Crippen LogP contribution < -0.4 is 14.4 Å². The molecule has 4 heterocycles. The summed E-state index contributed by atoms with van der Waals surface area (Å²) in [5, 5.41) is 8.32. The van der Waals surface area contributed by atoms with Crippen LogP contribution in [0, 0.1) is 5.82 Å². The second-order valence-corrected chi connectivity index (χ2v) is 12.2. The van der Waals surface area contributed by atoms with Crippen LogP contribution in [0.5, 0.6) is 11.5 Å². The minimum absolute atomic E-state index is 0.0360. The van der Waals surface area contributed by atoms with Gasteiger partial charge in [-0.05, 0) is 47.9 Å². The molecule has 7 rings (SSSR count). The smallest absolute Gasteiger partial charge is 0.270 e. The van der Waals surface area contributed by atoms with Gasteiger partial charge in [-0.2, -0.15) is 0 Å². The van der Waals surface area contributed by atoms with E-state index in [1.807, 2.05) is 60.7 Å². The van der Waals surface area contributed by atoms with Crippen molar-refractivity contribution in [2.24, 2.45) is 0 Å². The minimum Gasteiger partial charge on any atom is -0.496 e. The number of aromatic nitrogens is 4. The number of aromatic amines is 1. The van der Waals surface area contributed by atoms with Gasteiger partial charge in [-0.25, -0.2) is 4.39 Å². The summed E-state index contributed by atoms with van der Waals surface area (Å²) < 4.78 is 29.5. The summed E-state index contributed by atoms with van der Waals surface area (Å²) >= 11 is 0. The normalized spacial score (nSPS) is 15.0. The molecule has 252 valence electrons. The number of nitrogens with zero attached hydrogens (tertiary/aromatic N) is 6. The van der Waals surface area contributed by atoms with E-state index in [1.54, 1.807) is 47.2 Å². The van der Waals surface area contributed by atoms with Crippen molar-refractivity contribution in [2.45, 2.75) is 19.4 Å². The number of para-hydroxylation sites is 3. The van der Waals surface area contributed by atoms with Crippen LogP contribution in [0.25, 0.3) is 27.6 Å². The Balaban J connectivity index is 1.19. The number of methoxy groups -OCH3 is 2. The van der Waals surface area contributed by atoms with E-state index in [0.717, 1.165) is 22.6 Å². The molecule has 0 atom stereocenters. The minimum atomic E-state index is -0.461. The average Bonchev–Trinajstić information content (AvgIpc) is 3.85. The van der Waals surface area contributed by atoms with Gasteiger partial charge in [-0.1, -0.05) is 41.6 Å². The van der Waals surface area contributed by atoms with Gasteiger partial charge in [-0.15, -0.1) is 5.10 Å². The molecule has 11 nitrogen and oxygen atoms in total. The van der Waals surface area contributed by atoms with Gasteiger partial charge in [0.15, 0.2) is 5.82 Å². The van der Waals surface area contributed by atoms with Gasteiger partial charge in [-0.3, -0.25) is 14.3 Å². The molecule has 1 fully saturated rings. The molecule has 0 spiro atoms. The highest BCUT2D eigenvalue weighted by Crippen LogP contribution is 2.40. The fraction of sp³-hybridized carbons (Fsp3) is 0.297. The van der Waals surface area contributed by atoms with Crippen LogP contribution in [0.1, 0.15) is 28.9 Å². The van der Waals surface area contributed by atoms with Crippen molar-refractivity contribution in [3.8, 4) is 22.6 Å². The lowest BCUT2D eigenvalue weighted by Gasteiger charge is -2.36. The van der Waals surface area contributed by atoms with Crippen molar-refractivity contribution < 1.29 is 23.5 Å². The third-order valence-corrected chi connectivity index (χ3v) is 9.35. The van der Waals surface area contributed by atoms with E-state index in [2.05, 4.69) is 20.2 Å². The molecule has 0 aliphatic carbocycles. The maximum atomic E-state index is 16.7. The number of carbonyl (C=O) groups is 2. The average molecular weight is 664 g/mol. The first-order valence-electron chi connectivity index (χ1n) is 16.4. The molecule has 0 unspecified atom stereocenters. The number of amides is 2. The van der Waals surface area contributed by atoms with Crippen LogP contribution in [0.2, 0.25) is 0 Å². The molecular formula is C37H38FN7O4. The fourth-order valence-electron chi connectivity index (χ4n) is 6.78. The quantitative estimate of drug-likeness (QED) is 0.230. The molecule has 1 saturated heterocycles. The van der Waals surface area contributed by atoms with Gasteiger partial charge in [0.1, 0.15) is 17.2 Å². The largest absolute Gasteiger partial charge is 0.496 e. The van der Waals surface area contributed by atoms with Crippen LogP contribution in [0.15, 0.2) is 79.1 Å². The van der Waals surface area contributed by atoms with Gasteiger partial charge in [0, 0.05) is 68.4 Å². The summed E-state index contributed by atoms with van der Waals surface area (Å²) in [6, 6.07) is 19.0. The Kier molecular flexibility index (Phi) is 9.01. The van der Waals surface area contributed by atoms with Crippen molar-refractivity contribution in [2.75, 3.05) is 58.4 Å². The molecule has 0 radical (unpaired) electrons. The third kappa shape index (κ3) is 6.33. The van der Waals surface area contributed by atoms with Gasteiger partial charge in [0.25, 0.3) is 5.91 Å². The number of hydrogen-bond acceptors (Lipinski definition) is 7. The van der Waals surface area contributed by atoms with E-state index in [9.17, 15) is 9.59 Å². The predicted molar refractivity (Wildman–Crippen MR) is 185 cm³/mol. The number of H-pyrrole nitrogens is 1. The zero-order chi connectivity index (χ0) is 33.9. The number of ether oxygens (including phenoxy) is 2. The number of anilines is 1. The van der Waals surface area contributed by atoms with Gasteiger partial charge in [0.2, 0.25) is 5.91 Å². The molecule has 0 saturated carbocycles. The highest BCUT2D eigenvalue weighted by Gasteiger charge is 2.28. The summed E-state index contributed by atoms with van der Waals surface area (Å²) in [5.74, 6) is 0.734. The topological polar surface area (TPSA) is 109 Å². The number of rotatable bonds is 9. The van der Waals surface area contributed by atoms with E-state index in [1.165, 1.54) is 0 Å². The third-order valence-electron chi connectivity index (χ3n) is 9.35. The maximum Gasteiger partial charge on any atom is 0.270 e. The summed E-state index contributed by atoms with van der Waals surface area (Å²) in [4.78, 5) is 36.0. The highest BCUT2D eigenvalue weighted by atomic mass is 19.1. The second-order valence-electron chi connectivity index (χ2n) is 12.2. The first kappa shape index (κ1) is 31.9. The number of nitrogens with one attached hydrogen (secondary N) is 1. The summed E-state index contributed by atoms with van der Waals surface area (Å²) in [7, 11) is 3.25. The molecule has 2 aliphatic rings. The van der Waals surface area contributed by atoms with Crippen molar-refractivity contribution in [3.05, 3.63) is 96.2 Å². The summed E-state index contributed by atoms with van der Waals surface area (Å²) in [6.07, 6.45) is 6.15. The lowest BCUT2D eigenvalue weighted by molar-refractivity contribution is -0.131. The van der Waals surface area contributed by atoms with Gasteiger partial charge in [0.05, 0.1) is 38.2 Å². The molecule has 2 aliphatic heterocycles. The van der Waals surface area contributed by atoms with E-state index in [4.69, 9.17) is 9.47 Å². The first-order chi connectivity index (χ1) is 23.9. The Morgan fingerprint density at radius 1 is 0.878 bits per heavy atom. The fourth-order valence-corrected chi connectivity index (χ4v) is 6.78. The van der Waals surface area contributed by atoms with Gasteiger partial charge >= 0.3 is 0 Å². The van der Waals surface area contributed by atoms with Crippen molar-refractivity contribution in [1.29, 1.82) is 0 Å². The molecule has 0 bridgehead atoms.